The van der Waals surface area contributed by atoms with Crippen molar-refractivity contribution in [1.29, 1.82) is 0 Å². The fraction of sp³-hybridized carbons (Fsp3) is 0.556. The standard InChI is InChI=1S/C18H26N4O/c1-15-20-16-8-2-3-9-17(16)22(15)14-18(23)19-10-4-5-11-21-12-6-7-13-21/h2-3,8-9H,4-7,10-14H2,1H3,(H,19,23). The van der Waals surface area contributed by atoms with Crippen LogP contribution in [0.4, 0.5) is 0 Å². The Labute approximate surface area is 137 Å². The molecule has 0 bridgehead atoms. The number of hydrogen-bond acceptors (Lipinski definition) is 3. The van der Waals surface area contributed by atoms with E-state index in [1.807, 2.05) is 35.8 Å². The predicted octanol–water partition coefficient (Wildman–Crippen LogP) is 2.34. The lowest BCUT2D eigenvalue weighted by Crippen LogP contribution is -2.29. The van der Waals surface area contributed by atoms with E-state index >= 15 is 0 Å². The van der Waals surface area contributed by atoms with E-state index in [1.54, 1.807) is 0 Å². The molecule has 23 heavy (non-hydrogen) atoms. The minimum Gasteiger partial charge on any atom is -0.355 e. The van der Waals surface area contributed by atoms with Gasteiger partial charge in [-0.25, -0.2) is 4.98 Å². The van der Waals surface area contributed by atoms with Gasteiger partial charge in [-0.3, -0.25) is 4.79 Å². The highest BCUT2D eigenvalue weighted by Gasteiger charge is 2.11. The smallest absolute Gasteiger partial charge is 0.240 e. The molecule has 1 fully saturated rings. The third-order valence-corrected chi connectivity index (χ3v) is 4.57. The molecule has 1 amide bonds. The molecule has 124 valence electrons. The molecule has 2 heterocycles. The number of benzene rings is 1. The Hall–Kier alpha value is -1.88. The zero-order valence-electron chi connectivity index (χ0n) is 13.9. The number of carbonyl (C=O) groups excluding carboxylic acids is 1. The third kappa shape index (κ3) is 4.10. The maximum Gasteiger partial charge on any atom is 0.240 e. The number of aryl methyl sites for hydroxylation is 1. The van der Waals surface area contributed by atoms with E-state index in [1.165, 1.54) is 32.5 Å². The molecule has 0 spiro atoms. The van der Waals surface area contributed by atoms with Crippen LogP contribution in [0.2, 0.25) is 0 Å². The summed E-state index contributed by atoms with van der Waals surface area (Å²) in [5.41, 5.74) is 1.97. The topological polar surface area (TPSA) is 50.2 Å². The Morgan fingerprint density at radius 2 is 2.00 bits per heavy atom. The second-order valence-corrected chi connectivity index (χ2v) is 6.34. The number of unbranched alkanes of at least 4 members (excludes halogenated alkanes) is 1. The van der Waals surface area contributed by atoms with Crippen molar-refractivity contribution in [2.75, 3.05) is 26.2 Å². The minimum atomic E-state index is 0.0671. The maximum atomic E-state index is 12.2. The zero-order valence-corrected chi connectivity index (χ0v) is 13.9. The molecule has 0 unspecified atom stereocenters. The Balaban J connectivity index is 1.42. The van der Waals surface area contributed by atoms with Crippen molar-refractivity contribution in [1.82, 2.24) is 19.8 Å². The number of amides is 1. The number of likely N-dealkylation sites (tertiary alicyclic amines) is 1. The van der Waals surface area contributed by atoms with Gasteiger partial charge in [-0.15, -0.1) is 0 Å². The van der Waals surface area contributed by atoms with Gasteiger partial charge in [0.25, 0.3) is 0 Å². The molecule has 5 nitrogen and oxygen atoms in total. The average molecular weight is 314 g/mol. The lowest BCUT2D eigenvalue weighted by atomic mass is 10.3. The molecule has 3 rings (SSSR count). The van der Waals surface area contributed by atoms with E-state index in [4.69, 9.17) is 0 Å². The van der Waals surface area contributed by atoms with Crippen molar-refractivity contribution in [2.45, 2.75) is 39.2 Å². The summed E-state index contributed by atoms with van der Waals surface area (Å²) >= 11 is 0. The highest BCUT2D eigenvalue weighted by Crippen LogP contribution is 2.15. The molecular weight excluding hydrogens is 288 g/mol. The molecule has 1 aromatic heterocycles. The Kier molecular flexibility index (Phi) is 5.28. The summed E-state index contributed by atoms with van der Waals surface area (Å²) in [5, 5.41) is 3.03. The van der Waals surface area contributed by atoms with Crippen LogP contribution in [0.15, 0.2) is 24.3 Å². The summed E-state index contributed by atoms with van der Waals surface area (Å²) in [6.45, 7) is 6.72. The molecule has 1 aromatic carbocycles. The van der Waals surface area contributed by atoms with Gasteiger partial charge in [-0.1, -0.05) is 12.1 Å². The molecule has 1 N–H and O–H groups in total. The SMILES string of the molecule is Cc1nc2ccccc2n1CC(=O)NCCCCN1CCCC1. The van der Waals surface area contributed by atoms with Crippen LogP contribution in [-0.2, 0) is 11.3 Å². The summed E-state index contributed by atoms with van der Waals surface area (Å²) in [7, 11) is 0. The largest absolute Gasteiger partial charge is 0.355 e. The first-order chi connectivity index (χ1) is 11.2. The molecule has 0 saturated carbocycles. The van der Waals surface area contributed by atoms with Gasteiger partial charge >= 0.3 is 0 Å². The van der Waals surface area contributed by atoms with Gasteiger partial charge in [-0.2, -0.15) is 0 Å². The van der Waals surface area contributed by atoms with Gasteiger partial charge in [0, 0.05) is 6.54 Å². The van der Waals surface area contributed by atoms with Crippen LogP contribution in [0.3, 0.4) is 0 Å². The van der Waals surface area contributed by atoms with Gasteiger partial charge in [0.15, 0.2) is 0 Å². The number of hydrogen-bond donors (Lipinski definition) is 1. The first kappa shape index (κ1) is 16.0. The van der Waals surface area contributed by atoms with Crippen LogP contribution in [0.25, 0.3) is 11.0 Å². The quantitative estimate of drug-likeness (QED) is 0.798. The van der Waals surface area contributed by atoms with Gasteiger partial charge in [0.1, 0.15) is 12.4 Å². The molecule has 0 atom stereocenters. The molecule has 1 aliphatic rings. The number of nitrogens with zero attached hydrogens (tertiary/aromatic N) is 3. The highest BCUT2D eigenvalue weighted by molar-refractivity contribution is 5.81. The van der Waals surface area contributed by atoms with E-state index in [0.29, 0.717) is 6.54 Å². The van der Waals surface area contributed by atoms with Gasteiger partial charge in [-0.05, 0) is 64.4 Å². The monoisotopic (exact) mass is 314 g/mol. The number of carbonyl (C=O) groups is 1. The number of rotatable bonds is 7. The second kappa shape index (κ2) is 7.59. The fourth-order valence-corrected chi connectivity index (χ4v) is 3.29. The molecule has 1 aliphatic heterocycles. The van der Waals surface area contributed by atoms with Crippen molar-refractivity contribution >= 4 is 16.9 Å². The van der Waals surface area contributed by atoms with Crippen LogP contribution in [0, 0.1) is 6.92 Å². The molecule has 1 saturated heterocycles. The van der Waals surface area contributed by atoms with Crippen LogP contribution < -0.4 is 5.32 Å². The number of para-hydroxylation sites is 2. The normalized spacial score (nSPS) is 15.3. The van der Waals surface area contributed by atoms with Gasteiger partial charge in [0.2, 0.25) is 5.91 Å². The van der Waals surface area contributed by atoms with Crippen molar-refractivity contribution in [2.24, 2.45) is 0 Å². The van der Waals surface area contributed by atoms with E-state index in [-0.39, 0.29) is 5.91 Å². The molecule has 5 heteroatoms. The zero-order chi connectivity index (χ0) is 16.1. The third-order valence-electron chi connectivity index (χ3n) is 4.57. The van der Waals surface area contributed by atoms with Crippen LogP contribution in [0.5, 0.6) is 0 Å². The fourth-order valence-electron chi connectivity index (χ4n) is 3.29. The van der Waals surface area contributed by atoms with Crippen molar-refractivity contribution in [3.8, 4) is 0 Å². The minimum absolute atomic E-state index is 0.0671. The lowest BCUT2D eigenvalue weighted by Gasteiger charge is -2.14. The number of nitrogens with one attached hydrogen (secondary N) is 1. The Morgan fingerprint density at radius 3 is 2.83 bits per heavy atom. The predicted molar refractivity (Wildman–Crippen MR) is 92.4 cm³/mol. The van der Waals surface area contributed by atoms with E-state index in [9.17, 15) is 4.79 Å². The van der Waals surface area contributed by atoms with E-state index < -0.39 is 0 Å². The Bertz CT molecular complexity index is 658. The number of fused-ring (bicyclic) bond motifs is 1. The van der Waals surface area contributed by atoms with Crippen molar-refractivity contribution in [3.63, 3.8) is 0 Å². The summed E-state index contributed by atoms with van der Waals surface area (Å²) in [5.74, 6) is 0.952. The first-order valence-corrected chi connectivity index (χ1v) is 8.65. The molecule has 0 aliphatic carbocycles. The maximum absolute atomic E-state index is 12.2. The highest BCUT2D eigenvalue weighted by atomic mass is 16.1. The first-order valence-electron chi connectivity index (χ1n) is 8.65. The number of imidazole rings is 1. The number of aromatic nitrogens is 2. The van der Waals surface area contributed by atoms with Crippen molar-refractivity contribution < 1.29 is 4.79 Å². The summed E-state index contributed by atoms with van der Waals surface area (Å²) in [6.07, 6.45) is 4.89. The lowest BCUT2D eigenvalue weighted by molar-refractivity contribution is -0.121. The molecular formula is C18H26N4O. The molecule has 0 radical (unpaired) electrons. The van der Waals surface area contributed by atoms with E-state index in [0.717, 1.165) is 36.2 Å². The second-order valence-electron chi connectivity index (χ2n) is 6.34. The summed E-state index contributed by atoms with van der Waals surface area (Å²) in [4.78, 5) is 19.2. The summed E-state index contributed by atoms with van der Waals surface area (Å²) in [6, 6.07) is 7.95. The van der Waals surface area contributed by atoms with Crippen LogP contribution in [0.1, 0.15) is 31.5 Å². The van der Waals surface area contributed by atoms with Gasteiger partial charge < -0.3 is 14.8 Å². The van der Waals surface area contributed by atoms with Crippen molar-refractivity contribution in [3.05, 3.63) is 30.1 Å². The Morgan fingerprint density at radius 1 is 1.22 bits per heavy atom. The van der Waals surface area contributed by atoms with Crippen LogP contribution in [-0.4, -0.2) is 46.5 Å². The molecule has 2 aromatic rings. The van der Waals surface area contributed by atoms with Crippen LogP contribution >= 0.6 is 0 Å². The van der Waals surface area contributed by atoms with E-state index in [2.05, 4.69) is 15.2 Å². The average Bonchev–Trinajstić information content (AvgIpc) is 3.16. The summed E-state index contributed by atoms with van der Waals surface area (Å²) < 4.78 is 1.98. The van der Waals surface area contributed by atoms with Gasteiger partial charge in [0.05, 0.1) is 11.0 Å².